The van der Waals surface area contributed by atoms with Gasteiger partial charge in [0.25, 0.3) is 0 Å². The highest BCUT2D eigenvalue weighted by Gasteiger charge is 2.31. The summed E-state index contributed by atoms with van der Waals surface area (Å²) in [6, 6.07) is 11.8. The van der Waals surface area contributed by atoms with Gasteiger partial charge in [-0.05, 0) is 56.0 Å². The van der Waals surface area contributed by atoms with Crippen molar-refractivity contribution < 1.29 is 22.4 Å². The summed E-state index contributed by atoms with van der Waals surface area (Å²) in [4.78, 5) is 28.0. The zero-order valence-corrected chi connectivity index (χ0v) is 21.4. The first-order valence-electron chi connectivity index (χ1n) is 11.9. The molecular formula is C26H34FN3O4S. The average molecular weight is 504 g/mol. The summed E-state index contributed by atoms with van der Waals surface area (Å²) in [5, 5.41) is 3.05. The molecule has 0 spiro atoms. The van der Waals surface area contributed by atoms with Gasteiger partial charge in [-0.2, -0.15) is 0 Å². The van der Waals surface area contributed by atoms with Crippen molar-refractivity contribution in [3.05, 3.63) is 65.5 Å². The van der Waals surface area contributed by atoms with Crippen LogP contribution in [0.15, 0.2) is 48.5 Å². The lowest BCUT2D eigenvalue weighted by Gasteiger charge is -2.33. The second kappa shape index (κ2) is 11.7. The van der Waals surface area contributed by atoms with Crippen LogP contribution in [0.1, 0.15) is 50.2 Å². The van der Waals surface area contributed by atoms with Gasteiger partial charge in [0.1, 0.15) is 18.4 Å². The van der Waals surface area contributed by atoms with Crippen molar-refractivity contribution in [2.24, 2.45) is 0 Å². The van der Waals surface area contributed by atoms with Crippen LogP contribution in [0, 0.1) is 12.7 Å². The predicted molar refractivity (Wildman–Crippen MR) is 135 cm³/mol. The van der Waals surface area contributed by atoms with E-state index < -0.39 is 34.3 Å². The lowest BCUT2D eigenvalue weighted by Crippen LogP contribution is -2.53. The zero-order chi connectivity index (χ0) is 25.6. The Morgan fingerprint density at radius 1 is 1.06 bits per heavy atom. The molecule has 9 heteroatoms. The molecule has 7 nitrogen and oxygen atoms in total. The number of hydrogen-bond donors (Lipinski definition) is 1. The number of benzene rings is 2. The van der Waals surface area contributed by atoms with Crippen LogP contribution in [0.4, 0.5) is 10.1 Å². The smallest absolute Gasteiger partial charge is 0.244 e. The number of aryl methyl sites for hydroxylation is 1. The van der Waals surface area contributed by atoms with Gasteiger partial charge in [0, 0.05) is 12.6 Å². The third kappa shape index (κ3) is 7.27. The van der Waals surface area contributed by atoms with E-state index in [1.165, 1.54) is 17.0 Å². The molecule has 0 radical (unpaired) electrons. The molecule has 1 saturated carbocycles. The maximum atomic E-state index is 13.6. The van der Waals surface area contributed by atoms with Gasteiger partial charge in [-0.25, -0.2) is 12.8 Å². The quantitative estimate of drug-likeness (QED) is 0.565. The molecule has 2 aromatic carbocycles. The van der Waals surface area contributed by atoms with E-state index in [1.54, 1.807) is 50.2 Å². The van der Waals surface area contributed by atoms with Crippen LogP contribution < -0.4 is 9.62 Å². The number of carbonyl (C=O) groups excluding carboxylic acids is 2. The van der Waals surface area contributed by atoms with Crippen molar-refractivity contribution >= 4 is 27.5 Å². The Kier molecular flexibility index (Phi) is 8.88. The van der Waals surface area contributed by atoms with Gasteiger partial charge < -0.3 is 10.2 Å². The first-order valence-corrected chi connectivity index (χ1v) is 13.8. The number of sulfonamides is 1. The molecule has 1 aliphatic carbocycles. The Morgan fingerprint density at radius 3 is 2.29 bits per heavy atom. The van der Waals surface area contributed by atoms with Gasteiger partial charge in [-0.3, -0.25) is 13.9 Å². The summed E-state index contributed by atoms with van der Waals surface area (Å²) in [6.45, 7) is 3.00. The number of carbonyl (C=O) groups is 2. The maximum Gasteiger partial charge on any atom is 0.244 e. The fourth-order valence-electron chi connectivity index (χ4n) is 4.38. The molecule has 2 aromatic rings. The van der Waals surface area contributed by atoms with Gasteiger partial charge in [-0.1, -0.05) is 49.6 Å². The number of nitrogens with zero attached hydrogens (tertiary/aromatic N) is 2. The lowest BCUT2D eigenvalue weighted by molar-refractivity contribution is -0.139. The summed E-state index contributed by atoms with van der Waals surface area (Å²) < 4.78 is 39.8. The molecule has 1 aliphatic rings. The second-order valence-corrected chi connectivity index (χ2v) is 11.1. The van der Waals surface area contributed by atoms with E-state index in [2.05, 4.69) is 5.32 Å². The molecule has 1 N–H and O–H groups in total. The maximum absolute atomic E-state index is 13.6. The van der Waals surface area contributed by atoms with E-state index in [9.17, 15) is 22.4 Å². The topological polar surface area (TPSA) is 86.8 Å². The van der Waals surface area contributed by atoms with Crippen LogP contribution in [-0.2, 0) is 26.2 Å². The Balaban J connectivity index is 1.87. The van der Waals surface area contributed by atoms with Crippen LogP contribution in [0.2, 0.25) is 0 Å². The molecule has 0 unspecified atom stereocenters. The second-order valence-electron chi connectivity index (χ2n) is 9.22. The molecule has 0 heterocycles. The third-order valence-electron chi connectivity index (χ3n) is 6.45. The summed E-state index contributed by atoms with van der Waals surface area (Å²) in [6.07, 6.45) is 6.11. The van der Waals surface area contributed by atoms with E-state index >= 15 is 0 Å². The molecule has 0 bridgehead atoms. The number of rotatable bonds is 9. The molecule has 190 valence electrons. The predicted octanol–water partition coefficient (Wildman–Crippen LogP) is 3.77. The number of nitrogens with one attached hydrogen (secondary N) is 1. The van der Waals surface area contributed by atoms with E-state index in [-0.39, 0.29) is 18.5 Å². The SMILES string of the molecule is Cc1ccccc1N(CC(=O)N(Cc1ccc(F)cc1)[C@H](C)C(=O)NC1CCCCC1)S(C)(=O)=O. The van der Waals surface area contributed by atoms with Gasteiger partial charge in [-0.15, -0.1) is 0 Å². The highest BCUT2D eigenvalue weighted by Crippen LogP contribution is 2.23. The molecule has 0 aliphatic heterocycles. The number of hydrogen-bond acceptors (Lipinski definition) is 4. The minimum atomic E-state index is -3.78. The Bertz CT molecular complexity index is 1130. The Labute approximate surface area is 207 Å². The van der Waals surface area contributed by atoms with E-state index in [4.69, 9.17) is 0 Å². The average Bonchev–Trinajstić information content (AvgIpc) is 2.82. The molecular weight excluding hydrogens is 469 g/mol. The van der Waals surface area contributed by atoms with Crippen molar-refractivity contribution in [3.63, 3.8) is 0 Å². The number of amides is 2. The summed E-state index contributed by atoms with van der Waals surface area (Å²) >= 11 is 0. The number of para-hydroxylation sites is 1. The van der Waals surface area contributed by atoms with E-state index in [1.807, 2.05) is 0 Å². The van der Waals surface area contributed by atoms with Crippen molar-refractivity contribution in [1.82, 2.24) is 10.2 Å². The summed E-state index contributed by atoms with van der Waals surface area (Å²) in [5.74, 6) is -1.21. The van der Waals surface area contributed by atoms with Crippen molar-refractivity contribution in [1.29, 1.82) is 0 Å². The standard InChI is InChI=1S/C26H34FN3O4S/c1-19-9-7-8-12-24(19)30(35(3,33)34)18-25(31)29(17-21-13-15-22(27)16-14-21)20(2)26(32)28-23-10-5-4-6-11-23/h7-9,12-16,20,23H,4-6,10-11,17-18H2,1-3H3,(H,28,32)/t20-/m1/s1. The van der Waals surface area contributed by atoms with Crippen molar-refractivity contribution in [3.8, 4) is 0 Å². The summed E-state index contributed by atoms with van der Waals surface area (Å²) in [5.41, 5.74) is 1.75. The molecule has 0 saturated heterocycles. The number of halogens is 1. The van der Waals surface area contributed by atoms with Crippen LogP contribution >= 0.6 is 0 Å². The monoisotopic (exact) mass is 503 g/mol. The largest absolute Gasteiger partial charge is 0.352 e. The molecule has 35 heavy (non-hydrogen) atoms. The Hall–Kier alpha value is -2.94. The van der Waals surface area contributed by atoms with Crippen LogP contribution in [0.3, 0.4) is 0 Å². The number of anilines is 1. The fourth-order valence-corrected chi connectivity index (χ4v) is 5.28. The van der Waals surface area contributed by atoms with Gasteiger partial charge >= 0.3 is 0 Å². The summed E-state index contributed by atoms with van der Waals surface area (Å²) in [7, 11) is -3.78. The third-order valence-corrected chi connectivity index (χ3v) is 7.57. The highest BCUT2D eigenvalue weighted by atomic mass is 32.2. The van der Waals surface area contributed by atoms with E-state index in [0.29, 0.717) is 16.8 Å². The van der Waals surface area contributed by atoms with Crippen molar-refractivity contribution in [2.75, 3.05) is 17.1 Å². The van der Waals surface area contributed by atoms with Gasteiger partial charge in [0.2, 0.25) is 21.8 Å². The normalized spacial score (nSPS) is 15.3. The van der Waals surface area contributed by atoms with Gasteiger partial charge in [0.15, 0.2) is 0 Å². The first-order chi connectivity index (χ1) is 16.6. The van der Waals surface area contributed by atoms with Crippen LogP contribution in [0.25, 0.3) is 0 Å². The first kappa shape index (κ1) is 26.7. The molecule has 0 aromatic heterocycles. The van der Waals surface area contributed by atoms with Crippen LogP contribution in [-0.4, -0.2) is 50.0 Å². The molecule has 1 atom stereocenters. The minimum absolute atomic E-state index is 0.0454. The molecule has 2 amide bonds. The van der Waals surface area contributed by atoms with Crippen LogP contribution in [0.5, 0.6) is 0 Å². The zero-order valence-electron chi connectivity index (χ0n) is 20.5. The Morgan fingerprint density at radius 2 is 1.69 bits per heavy atom. The molecule has 3 rings (SSSR count). The van der Waals surface area contributed by atoms with Gasteiger partial charge in [0.05, 0.1) is 11.9 Å². The lowest BCUT2D eigenvalue weighted by atomic mass is 9.95. The van der Waals surface area contributed by atoms with E-state index in [0.717, 1.165) is 42.7 Å². The fraction of sp³-hybridized carbons (Fsp3) is 0.462. The minimum Gasteiger partial charge on any atom is -0.352 e. The highest BCUT2D eigenvalue weighted by molar-refractivity contribution is 7.92. The van der Waals surface area contributed by atoms with Crippen molar-refractivity contribution in [2.45, 2.75) is 64.6 Å². The molecule has 1 fully saturated rings.